The number of carbonyl (C=O) groups excluding carboxylic acids is 1. The van der Waals surface area contributed by atoms with Crippen LogP contribution in [0.25, 0.3) is 0 Å². The van der Waals surface area contributed by atoms with Gasteiger partial charge < -0.3 is 10.2 Å². The van der Waals surface area contributed by atoms with Crippen molar-refractivity contribution in [2.24, 2.45) is 0 Å². The third-order valence-corrected chi connectivity index (χ3v) is 2.99. The second-order valence-corrected chi connectivity index (χ2v) is 4.40. The second-order valence-electron chi connectivity index (χ2n) is 4.40. The van der Waals surface area contributed by atoms with E-state index in [1.165, 1.54) is 0 Å². The van der Waals surface area contributed by atoms with Crippen LogP contribution in [0.1, 0.15) is 5.56 Å². The summed E-state index contributed by atoms with van der Waals surface area (Å²) in [5, 5.41) is 3.28. The molecule has 16 heavy (non-hydrogen) atoms. The Balaban J connectivity index is 1.93. The zero-order valence-electron chi connectivity index (χ0n) is 9.65. The third-order valence-electron chi connectivity index (χ3n) is 2.99. The van der Waals surface area contributed by atoms with Gasteiger partial charge in [-0.05, 0) is 12.6 Å². The molecule has 0 spiro atoms. The monoisotopic (exact) mass is 218 g/mol. The van der Waals surface area contributed by atoms with Crippen molar-refractivity contribution >= 4 is 5.78 Å². The Morgan fingerprint density at radius 1 is 1.44 bits per heavy atom. The van der Waals surface area contributed by atoms with Crippen LogP contribution in [0.5, 0.6) is 0 Å². The summed E-state index contributed by atoms with van der Waals surface area (Å²) in [7, 11) is 2.06. The minimum atomic E-state index is -0.000967. The van der Waals surface area contributed by atoms with Crippen molar-refractivity contribution in [2.45, 2.75) is 12.5 Å². The van der Waals surface area contributed by atoms with Crippen LogP contribution in [0.15, 0.2) is 30.3 Å². The SMILES string of the molecule is CN1CCNC(C(=O)Cc2ccccc2)C1. The average Bonchev–Trinajstić information content (AvgIpc) is 2.30. The van der Waals surface area contributed by atoms with Gasteiger partial charge in [0.15, 0.2) is 5.78 Å². The molecule has 0 radical (unpaired) electrons. The number of Topliss-reactive ketones (excluding diaryl/α,β-unsaturated/α-hetero) is 1. The molecule has 1 aromatic rings. The number of rotatable bonds is 3. The molecule has 0 aromatic heterocycles. The number of hydrogen-bond donors (Lipinski definition) is 1. The van der Waals surface area contributed by atoms with Crippen LogP contribution in [-0.4, -0.2) is 43.4 Å². The molecule has 1 N–H and O–H groups in total. The first-order valence-corrected chi connectivity index (χ1v) is 5.74. The number of nitrogens with zero attached hydrogens (tertiary/aromatic N) is 1. The zero-order chi connectivity index (χ0) is 11.4. The summed E-state index contributed by atoms with van der Waals surface area (Å²) in [5.74, 6) is 0.290. The molecule has 1 fully saturated rings. The van der Waals surface area contributed by atoms with E-state index >= 15 is 0 Å². The van der Waals surface area contributed by atoms with Crippen molar-refractivity contribution in [3.8, 4) is 0 Å². The molecule has 1 aliphatic rings. The maximum Gasteiger partial charge on any atom is 0.155 e. The first kappa shape index (κ1) is 11.3. The van der Waals surface area contributed by atoms with Crippen molar-refractivity contribution in [3.63, 3.8) is 0 Å². The van der Waals surface area contributed by atoms with Gasteiger partial charge in [-0.3, -0.25) is 4.79 Å². The Hall–Kier alpha value is -1.19. The molecular weight excluding hydrogens is 200 g/mol. The highest BCUT2D eigenvalue weighted by Crippen LogP contribution is 2.05. The number of ketones is 1. The normalized spacial score (nSPS) is 21.9. The first-order valence-electron chi connectivity index (χ1n) is 5.74. The number of likely N-dealkylation sites (N-methyl/N-ethyl adjacent to an activating group) is 1. The second kappa shape index (κ2) is 5.23. The smallest absolute Gasteiger partial charge is 0.155 e. The molecule has 1 saturated heterocycles. The van der Waals surface area contributed by atoms with E-state index in [9.17, 15) is 4.79 Å². The molecule has 0 amide bonds. The summed E-state index contributed by atoms with van der Waals surface area (Å²) in [6.45, 7) is 2.75. The van der Waals surface area contributed by atoms with Crippen molar-refractivity contribution in [1.29, 1.82) is 0 Å². The average molecular weight is 218 g/mol. The molecule has 1 aliphatic heterocycles. The molecule has 3 heteroatoms. The molecule has 2 rings (SSSR count). The molecule has 1 unspecified atom stereocenters. The van der Waals surface area contributed by atoms with Crippen LogP contribution in [0.2, 0.25) is 0 Å². The van der Waals surface area contributed by atoms with Crippen LogP contribution in [-0.2, 0) is 11.2 Å². The molecule has 1 heterocycles. The number of nitrogens with one attached hydrogen (secondary N) is 1. The van der Waals surface area contributed by atoms with Gasteiger partial charge in [0.2, 0.25) is 0 Å². The van der Waals surface area contributed by atoms with E-state index in [4.69, 9.17) is 0 Å². The molecular formula is C13H18N2O. The molecule has 86 valence electrons. The lowest BCUT2D eigenvalue weighted by atomic mass is 10.0. The summed E-state index contributed by atoms with van der Waals surface area (Å²) in [5.41, 5.74) is 1.10. The Bertz CT molecular complexity index is 350. The van der Waals surface area contributed by atoms with Crippen LogP contribution in [0.3, 0.4) is 0 Å². The van der Waals surface area contributed by atoms with Gasteiger partial charge in [-0.2, -0.15) is 0 Å². The van der Waals surface area contributed by atoms with Gasteiger partial charge in [-0.25, -0.2) is 0 Å². The molecule has 0 saturated carbocycles. The van der Waals surface area contributed by atoms with E-state index in [0.29, 0.717) is 6.42 Å². The fourth-order valence-corrected chi connectivity index (χ4v) is 2.03. The van der Waals surface area contributed by atoms with Crippen molar-refractivity contribution in [1.82, 2.24) is 10.2 Å². The van der Waals surface area contributed by atoms with E-state index < -0.39 is 0 Å². The molecule has 3 nitrogen and oxygen atoms in total. The summed E-state index contributed by atoms with van der Waals surface area (Å²) in [6.07, 6.45) is 0.534. The Morgan fingerprint density at radius 2 is 2.19 bits per heavy atom. The van der Waals surface area contributed by atoms with Crippen molar-refractivity contribution in [2.75, 3.05) is 26.7 Å². The topological polar surface area (TPSA) is 32.3 Å². The lowest BCUT2D eigenvalue weighted by Crippen LogP contribution is -2.53. The van der Waals surface area contributed by atoms with E-state index in [1.807, 2.05) is 30.3 Å². The number of benzene rings is 1. The van der Waals surface area contributed by atoms with Gasteiger partial charge in [-0.1, -0.05) is 30.3 Å². The quantitative estimate of drug-likeness (QED) is 0.810. The van der Waals surface area contributed by atoms with Gasteiger partial charge >= 0.3 is 0 Å². The highest BCUT2D eigenvalue weighted by Gasteiger charge is 2.22. The Labute approximate surface area is 96.5 Å². The first-order chi connectivity index (χ1) is 7.75. The van der Waals surface area contributed by atoms with E-state index in [2.05, 4.69) is 17.3 Å². The third kappa shape index (κ3) is 2.90. The van der Waals surface area contributed by atoms with Crippen molar-refractivity contribution < 1.29 is 4.79 Å². The summed E-state index contributed by atoms with van der Waals surface area (Å²) >= 11 is 0. The van der Waals surface area contributed by atoms with Gasteiger partial charge in [0.05, 0.1) is 6.04 Å². The molecule has 0 aliphatic carbocycles. The lowest BCUT2D eigenvalue weighted by molar-refractivity contribution is -0.121. The highest BCUT2D eigenvalue weighted by atomic mass is 16.1. The van der Waals surface area contributed by atoms with Crippen molar-refractivity contribution in [3.05, 3.63) is 35.9 Å². The Kier molecular flexibility index (Phi) is 3.70. The number of piperazine rings is 1. The fraction of sp³-hybridized carbons (Fsp3) is 0.462. The maximum absolute atomic E-state index is 12.0. The minimum Gasteiger partial charge on any atom is -0.305 e. The van der Waals surface area contributed by atoms with E-state index in [-0.39, 0.29) is 11.8 Å². The molecule has 0 bridgehead atoms. The standard InChI is InChI=1S/C13H18N2O/c1-15-8-7-14-12(10-15)13(16)9-11-5-3-2-4-6-11/h2-6,12,14H,7-10H2,1H3. The fourth-order valence-electron chi connectivity index (χ4n) is 2.03. The van der Waals surface area contributed by atoms with Gasteiger partial charge in [-0.15, -0.1) is 0 Å². The van der Waals surface area contributed by atoms with Gasteiger partial charge in [0.25, 0.3) is 0 Å². The largest absolute Gasteiger partial charge is 0.305 e. The predicted octanol–water partition coefficient (Wildman–Crippen LogP) is 0.702. The zero-order valence-corrected chi connectivity index (χ0v) is 9.65. The van der Waals surface area contributed by atoms with E-state index in [0.717, 1.165) is 25.2 Å². The van der Waals surface area contributed by atoms with Crippen LogP contribution < -0.4 is 5.32 Å². The van der Waals surface area contributed by atoms with Crippen LogP contribution >= 0.6 is 0 Å². The van der Waals surface area contributed by atoms with Gasteiger partial charge in [0, 0.05) is 26.1 Å². The van der Waals surface area contributed by atoms with E-state index in [1.54, 1.807) is 0 Å². The van der Waals surface area contributed by atoms with Crippen LogP contribution in [0, 0.1) is 0 Å². The summed E-state index contributed by atoms with van der Waals surface area (Å²) < 4.78 is 0. The van der Waals surface area contributed by atoms with Crippen LogP contribution in [0.4, 0.5) is 0 Å². The lowest BCUT2D eigenvalue weighted by Gasteiger charge is -2.29. The molecule has 1 aromatic carbocycles. The number of carbonyl (C=O) groups is 1. The summed E-state index contributed by atoms with van der Waals surface area (Å²) in [4.78, 5) is 14.2. The highest BCUT2D eigenvalue weighted by molar-refractivity contribution is 5.86. The number of hydrogen-bond acceptors (Lipinski definition) is 3. The van der Waals surface area contributed by atoms with Gasteiger partial charge in [0.1, 0.15) is 0 Å². The minimum absolute atomic E-state index is 0.000967. The summed E-state index contributed by atoms with van der Waals surface area (Å²) in [6, 6.07) is 9.93. The Morgan fingerprint density at radius 3 is 2.88 bits per heavy atom. The maximum atomic E-state index is 12.0. The predicted molar refractivity (Wildman–Crippen MR) is 64.4 cm³/mol. The molecule has 1 atom stereocenters.